The highest BCUT2D eigenvalue weighted by Crippen LogP contribution is 2.77. The SMILES string of the molecule is CCCCCCOc1ccc(N2C(=O)C3C(C2=O)C2(Cl)C(Cl)=C(Cl)C3(Cl)C2(Cl)Cl)cc1. The first kappa shape index (κ1) is 23.8. The van der Waals surface area contributed by atoms with Crippen LogP contribution in [0.25, 0.3) is 0 Å². The van der Waals surface area contributed by atoms with Gasteiger partial charge in [0.15, 0.2) is 4.33 Å². The molecule has 4 rings (SSSR count). The second-order valence-corrected chi connectivity index (χ2v) is 11.3. The molecule has 2 aliphatic carbocycles. The Morgan fingerprint density at radius 1 is 0.871 bits per heavy atom. The van der Waals surface area contributed by atoms with Crippen LogP contribution in [0.2, 0.25) is 0 Å². The molecule has 4 nitrogen and oxygen atoms in total. The molecule has 168 valence electrons. The predicted octanol–water partition coefficient (Wildman–Crippen LogP) is 6.60. The van der Waals surface area contributed by atoms with Crippen LogP contribution >= 0.6 is 69.6 Å². The van der Waals surface area contributed by atoms with Crippen molar-refractivity contribution in [1.29, 1.82) is 0 Å². The van der Waals surface area contributed by atoms with Crippen molar-refractivity contribution >= 4 is 87.1 Å². The van der Waals surface area contributed by atoms with Crippen LogP contribution in [0.1, 0.15) is 32.6 Å². The van der Waals surface area contributed by atoms with E-state index < -0.39 is 37.7 Å². The molecular formula is C21H19Cl6NO3. The summed E-state index contributed by atoms with van der Waals surface area (Å²) in [5.41, 5.74) is 0.365. The fourth-order valence-corrected chi connectivity index (χ4v) is 7.59. The van der Waals surface area contributed by atoms with Crippen LogP contribution in [0.5, 0.6) is 5.75 Å². The summed E-state index contributed by atoms with van der Waals surface area (Å²) in [6.45, 7) is 2.75. The van der Waals surface area contributed by atoms with Crippen molar-refractivity contribution in [3.8, 4) is 5.75 Å². The summed E-state index contributed by atoms with van der Waals surface area (Å²) in [5, 5.41) is -0.209. The highest BCUT2D eigenvalue weighted by Gasteiger charge is 2.87. The van der Waals surface area contributed by atoms with Gasteiger partial charge < -0.3 is 4.74 Å². The summed E-state index contributed by atoms with van der Waals surface area (Å²) >= 11 is 39.0. The normalized spacial score (nSPS) is 33.5. The van der Waals surface area contributed by atoms with Crippen LogP contribution in [0.4, 0.5) is 5.69 Å². The average Bonchev–Trinajstić information content (AvgIpc) is 3.12. The van der Waals surface area contributed by atoms with E-state index in [4.69, 9.17) is 74.3 Å². The summed E-state index contributed by atoms with van der Waals surface area (Å²) in [6.07, 6.45) is 4.39. The lowest BCUT2D eigenvalue weighted by atomic mass is 9.84. The van der Waals surface area contributed by atoms with Gasteiger partial charge in [0.05, 0.1) is 34.2 Å². The number of nitrogens with zero attached hydrogens (tertiary/aromatic N) is 1. The third-order valence-electron chi connectivity index (χ3n) is 6.27. The molecule has 1 saturated heterocycles. The molecule has 2 bridgehead atoms. The average molecular weight is 546 g/mol. The zero-order valence-corrected chi connectivity index (χ0v) is 21.0. The number of rotatable bonds is 7. The van der Waals surface area contributed by atoms with Crippen molar-refractivity contribution in [3.05, 3.63) is 34.3 Å². The minimum Gasteiger partial charge on any atom is -0.494 e. The number of imide groups is 1. The highest BCUT2D eigenvalue weighted by molar-refractivity contribution is 6.67. The number of ether oxygens (including phenoxy) is 1. The smallest absolute Gasteiger partial charge is 0.240 e. The number of carbonyl (C=O) groups excluding carboxylic acids is 2. The van der Waals surface area contributed by atoms with Gasteiger partial charge in [0.1, 0.15) is 15.5 Å². The van der Waals surface area contributed by atoms with Gasteiger partial charge in [-0.2, -0.15) is 0 Å². The number of hydrogen-bond donors (Lipinski definition) is 0. The number of unbranched alkanes of at least 4 members (excludes halogenated alkanes) is 3. The van der Waals surface area contributed by atoms with Crippen molar-refractivity contribution in [3.63, 3.8) is 0 Å². The van der Waals surface area contributed by atoms with E-state index in [9.17, 15) is 9.59 Å². The highest BCUT2D eigenvalue weighted by atomic mass is 35.5. The van der Waals surface area contributed by atoms with Gasteiger partial charge >= 0.3 is 0 Å². The van der Waals surface area contributed by atoms with E-state index >= 15 is 0 Å². The van der Waals surface area contributed by atoms with Gasteiger partial charge in [-0.3, -0.25) is 9.59 Å². The van der Waals surface area contributed by atoms with E-state index in [-0.39, 0.29) is 10.1 Å². The molecule has 0 radical (unpaired) electrons. The van der Waals surface area contributed by atoms with Crippen LogP contribution in [0, 0.1) is 11.8 Å². The Kier molecular flexibility index (Phi) is 6.25. The summed E-state index contributed by atoms with van der Waals surface area (Å²) in [4.78, 5) is 24.1. The van der Waals surface area contributed by atoms with E-state index in [1.165, 1.54) is 6.42 Å². The van der Waals surface area contributed by atoms with Gasteiger partial charge in [-0.15, -0.1) is 23.2 Å². The lowest BCUT2D eigenvalue weighted by Crippen LogP contribution is -2.50. The zero-order chi connectivity index (χ0) is 22.8. The first-order chi connectivity index (χ1) is 14.5. The monoisotopic (exact) mass is 543 g/mol. The predicted molar refractivity (Wildman–Crippen MR) is 126 cm³/mol. The Labute approximate surface area is 210 Å². The van der Waals surface area contributed by atoms with E-state index in [1.807, 2.05) is 0 Å². The summed E-state index contributed by atoms with van der Waals surface area (Å²) in [7, 11) is 0. The first-order valence-electron chi connectivity index (χ1n) is 9.97. The lowest BCUT2D eigenvalue weighted by molar-refractivity contribution is -0.123. The number of fused-ring (bicyclic) bond motifs is 5. The molecule has 0 spiro atoms. The maximum atomic E-state index is 13.3. The molecule has 10 heteroatoms. The van der Waals surface area contributed by atoms with Gasteiger partial charge in [0.25, 0.3) is 0 Å². The van der Waals surface area contributed by atoms with Crippen LogP contribution < -0.4 is 9.64 Å². The second-order valence-electron chi connectivity index (χ2n) is 8.00. The first-order valence-corrected chi connectivity index (χ1v) is 12.2. The standard InChI is InChI=1S/C21H19Cl6NO3/c1-2-3-4-5-10-31-12-8-6-11(7-9-12)28-17(29)13-14(18(28)30)20(25)16(23)15(22)19(13,24)21(20,26)27/h6-9,13-14H,2-5,10H2,1H3. The molecule has 4 unspecified atom stereocenters. The minimum absolute atomic E-state index is 0.105. The van der Waals surface area contributed by atoms with Gasteiger partial charge in [0, 0.05) is 0 Å². The Balaban J connectivity index is 1.58. The number of allylic oxidation sites excluding steroid dienone is 2. The fourth-order valence-electron chi connectivity index (χ4n) is 4.66. The molecule has 4 atom stereocenters. The number of amides is 2. The zero-order valence-electron chi connectivity index (χ0n) is 16.4. The molecule has 1 saturated carbocycles. The van der Waals surface area contributed by atoms with Crippen LogP contribution in [0.3, 0.4) is 0 Å². The molecule has 0 N–H and O–H groups in total. The fraction of sp³-hybridized carbons (Fsp3) is 0.524. The molecule has 0 aromatic heterocycles. The van der Waals surface area contributed by atoms with Gasteiger partial charge in [-0.05, 0) is 30.7 Å². The molecule has 3 aliphatic rings. The summed E-state index contributed by atoms with van der Waals surface area (Å²) < 4.78 is 3.79. The molecular weight excluding hydrogens is 527 g/mol. The molecule has 1 aliphatic heterocycles. The van der Waals surface area contributed by atoms with Gasteiger partial charge in [-0.1, -0.05) is 72.6 Å². The Bertz CT molecular complexity index is 918. The maximum Gasteiger partial charge on any atom is 0.240 e. The van der Waals surface area contributed by atoms with Crippen LogP contribution in [-0.4, -0.2) is 32.5 Å². The lowest BCUT2D eigenvalue weighted by Gasteiger charge is -2.34. The van der Waals surface area contributed by atoms with Crippen LogP contribution in [0.15, 0.2) is 34.3 Å². The van der Waals surface area contributed by atoms with Crippen molar-refractivity contribution in [1.82, 2.24) is 0 Å². The largest absolute Gasteiger partial charge is 0.494 e. The quantitative estimate of drug-likeness (QED) is 0.220. The van der Waals surface area contributed by atoms with E-state index in [0.717, 1.165) is 24.2 Å². The minimum atomic E-state index is -1.93. The third-order valence-corrected chi connectivity index (χ3v) is 10.5. The Morgan fingerprint density at radius 2 is 1.39 bits per heavy atom. The van der Waals surface area contributed by atoms with Crippen molar-refractivity contribution in [2.75, 3.05) is 11.5 Å². The maximum absolute atomic E-state index is 13.3. The number of carbonyl (C=O) groups is 2. The topological polar surface area (TPSA) is 46.6 Å². The molecule has 31 heavy (non-hydrogen) atoms. The third kappa shape index (κ3) is 3.02. The summed E-state index contributed by atoms with van der Waals surface area (Å²) in [6, 6.07) is 6.67. The molecule has 2 amide bonds. The van der Waals surface area contributed by atoms with E-state index in [2.05, 4.69) is 6.92 Å². The molecule has 1 aromatic rings. The Hall–Kier alpha value is -0.360. The Morgan fingerprint density at radius 3 is 1.87 bits per heavy atom. The van der Waals surface area contributed by atoms with Gasteiger partial charge in [0.2, 0.25) is 11.8 Å². The van der Waals surface area contributed by atoms with Crippen LogP contribution in [-0.2, 0) is 9.59 Å². The van der Waals surface area contributed by atoms with E-state index in [0.29, 0.717) is 18.0 Å². The number of alkyl halides is 4. The summed E-state index contributed by atoms with van der Waals surface area (Å²) in [5.74, 6) is -2.78. The number of anilines is 1. The van der Waals surface area contributed by atoms with Crippen molar-refractivity contribution in [2.24, 2.45) is 11.8 Å². The van der Waals surface area contributed by atoms with Crippen molar-refractivity contribution in [2.45, 2.75) is 46.7 Å². The number of benzene rings is 1. The van der Waals surface area contributed by atoms with Crippen molar-refractivity contribution < 1.29 is 14.3 Å². The number of hydrogen-bond acceptors (Lipinski definition) is 3. The second kappa shape index (κ2) is 8.14. The molecule has 1 aromatic carbocycles. The molecule has 2 fully saturated rings. The molecule has 1 heterocycles. The number of halogens is 6. The van der Waals surface area contributed by atoms with E-state index in [1.54, 1.807) is 24.3 Å². The van der Waals surface area contributed by atoms with Gasteiger partial charge in [-0.25, -0.2) is 4.90 Å².